The number of halogens is 3. The summed E-state index contributed by atoms with van der Waals surface area (Å²) in [7, 11) is 0. The third-order valence-corrected chi connectivity index (χ3v) is 4.83. The van der Waals surface area contributed by atoms with Gasteiger partial charge in [-0.1, -0.05) is 18.2 Å². The first-order valence-electron chi connectivity index (χ1n) is 7.32. The second kappa shape index (κ2) is 4.67. The number of imide groups is 1. The van der Waals surface area contributed by atoms with Crippen molar-refractivity contribution >= 4 is 17.5 Å². The Balaban J connectivity index is 1.75. The van der Waals surface area contributed by atoms with E-state index >= 15 is 0 Å². The lowest BCUT2D eigenvalue weighted by atomic mass is 9.77. The maximum atomic E-state index is 12.9. The first-order chi connectivity index (χ1) is 11.3. The summed E-state index contributed by atoms with van der Waals surface area (Å²) < 4.78 is 44.2. The van der Waals surface area contributed by atoms with Crippen molar-refractivity contribution in [1.82, 2.24) is 0 Å². The van der Waals surface area contributed by atoms with E-state index in [2.05, 4.69) is 0 Å². The summed E-state index contributed by atoms with van der Waals surface area (Å²) in [6.07, 6.45) is -2.06. The highest BCUT2D eigenvalue weighted by atomic mass is 19.4. The largest absolute Gasteiger partial charge is 0.416 e. The van der Waals surface area contributed by atoms with Crippen LogP contribution in [0.3, 0.4) is 0 Å². The summed E-state index contributed by atoms with van der Waals surface area (Å²) in [6, 6.07) is 4.09. The molecule has 8 heteroatoms. The lowest BCUT2D eigenvalue weighted by Gasteiger charge is -2.26. The quantitative estimate of drug-likeness (QED) is 0.655. The Hall–Kier alpha value is -2.19. The first kappa shape index (κ1) is 15.3. The van der Waals surface area contributed by atoms with E-state index in [1.54, 1.807) is 12.2 Å². The number of alkyl halides is 3. The molecule has 126 valence electrons. The van der Waals surface area contributed by atoms with E-state index in [4.69, 9.17) is 4.74 Å². The summed E-state index contributed by atoms with van der Waals surface area (Å²) in [5.74, 6) is -2.98. The standard InChI is InChI=1S/C16H12F3NO4/c17-16(18,19)8-2-1-3-9(6-8)20-13(22)11-10-4-5-15(7-21,24-10)12(11)14(20)23/h1-6,10-12,21H,7H2/t10-,11-,12+,15+/m0/s1. The molecule has 0 aliphatic carbocycles. The Morgan fingerprint density at radius 1 is 1.25 bits per heavy atom. The molecule has 24 heavy (non-hydrogen) atoms. The molecule has 0 aromatic heterocycles. The fourth-order valence-electron chi connectivity index (χ4n) is 3.76. The number of carbonyl (C=O) groups excluding carboxylic acids is 2. The zero-order valence-electron chi connectivity index (χ0n) is 12.2. The number of benzene rings is 1. The molecule has 3 heterocycles. The molecule has 2 amide bonds. The van der Waals surface area contributed by atoms with Crippen molar-refractivity contribution < 1.29 is 32.6 Å². The van der Waals surface area contributed by atoms with Crippen LogP contribution < -0.4 is 4.90 Å². The van der Waals surface area contributed by atoms with Crippen molar-refractivity contribution in [1.29, 1.82) is 0 Å². The van der Waals surface area contributed by atoms with E-state index in [-0.39, 0.29) is 5.69 Å². The number of fused-ring (bicyclic) bond motifs is 5. The van der Waals surface area contributed by atoms with Crippen molar-refractivity contribution in [2.75, 3.05) is 11.5 Å². The molecule has 2 saturated heterocycles. The Bertz CT molecular complexity index is 775. The van der Waals surface area contributed by atoms with Crippen molar-refractivity contribution in [3.8, 4) is 0 Å². The van der Waals surface area contributed by atoms with Gasteiger partial charge in [-0.05, 0) is 18.2 Å². The molecule has 1 N–H and O–H groups in total. The molecule has 0 radical (unpaired) electrons. The van der Waals surface area contributed by atoms with Crippen molar-refractivity contribution in [2.24, 2.45) is 11.8 Å². The SMILES string of the molecule is O=C1[C@H]2[C@@H]3C=C[C@](CO)(O3)[C@H]2C(=O)N1c1cccc(C(F)(F)F)c1. The second-order valence-electron chi connectivity index (χ2n) is 6.12. The van der Waals surface area contributed by atoms with Crippen LogP contribution in [0, 0.1) is 11.8 Å². The van der Waals surface area contributed by atoms with Gasteiger partial charge < -0.3 is 9.84 Å². The van der Waals surface area contributed by atoms with Gasteiger partial charge in [0.1, 0.15) is 5.60 Å². The normalized spacial score (nSPS) is 34.3. The molecule has 1 aromatic rings. The summed E-state index contributed by atoms with van der Waals surface area (Å²) in [5.41, 5.74) is -2.33. The molecule has 2 fully saturated rings. The maximum absolute atomic E-state index is 12.9. The first-order valence-corrected chi connectivity index (χ1v) is 7.32. The average molecular weight is 339 g/mol. The molecule has 0 unspecified atom stereocenters. The number of hydrogen-bond acceptors (Lipinski definition) is 4. The van der Waals surface area contributed by atoms with Gasteiger partial charge in [-0.15, -0.1) is 0 Å². The number of ether oxygens (including phenoxy) is 1. The molecule has 3 aliphatic rings. The van der Waals surface area contributed by atoms with Gasteiger partial charge in [0.2, 0.25) is 11.8 Å². The fraction of sp³-hybridized carbons (Fsp3) is 0.375. The van der Waals surface area contributed by atoms with Gasteiger partial charge in [-0.25, -0.2) is 4.90 Å². The second-order valence-corrected chi connectivity index (χ2v) is 6.12. The van der Waals surface area contributed by atoms with Gasteiger partial charge in [0, 0.05) is 0 Å². The highest BCUT2D eigenvalue weighted by Gasteiger charge is 2.67. The van der Waals surface area contributed by atoms with Crippen LogP contribution in [0.4, 0.5) is 18.9 Å². The Morgan fingerprint density at radius 2 is 2.00 bits per heavy atom. The molecule has 4 atom stereocenters. The fourth-order valence-corrected chi connectivity index (χ4v) is 3.76. The van der Waals surface area contributed by atoms with E-state index in [1.165, 1.54) is 6.07 Å². The third-order valence-electron chi connectivity index (χ3n) is 4.83. The van der Waals surface area contributed by atoms with Gasteiger partial charge >= 0.3 is 6.18 Å². The third kappa shape index (κ3) is 1.83. The maximum Gasteiger partial charge on any atom is 0.416 e. The van der Waals surface area contributed by atoms with Crippen LogP contribution in [0.2, 0.25) is 0 Å². The zero-order valence-corrected chi connectivity index (χ0v) is 12.2. The topological polar surface area (TPSA) is 66.8 Å². The number of aliphatic hydroxyl groups excluding tert-OH is 1. The average Bonchev–Trinajstić information content (AvgIpc) is 3.18. The molecule has 5 nitrogen and oxygen atoms in total. The van der Waals surface area contributed by atoms with Crippen LogP contribution in [-0.2, 0) is 20.5 Å². The summed E-state index contributed by atoms with van der Waals surface area (Å²) in [4.78, 5) is 26.1. The van der Waals surface area contributed by atoms with E-state index in [9.17, 15) is 27.9 Å². The Kier molecular flexibility index (Phi) is 2.99. The Morgan fingerprint density at radius 3 is 2.67 bits per heavy atom. The van der Waals surface area contributed by atoms with Crippen LogP contribution in [0.15, 0.2) is 36.4 Å². The zero-order chi connectivity index (χ0) is 17.3. The van der Waals surface area contributed by atoms with E-state index in [0.717, 1.165) is 23.1 Å². The molecular weight excluding hydrogens is 327 g/mol. The highest BCUT2D eigenvalue weighted by molar-refractivity contribution is 6.23. The lowest BCUT2D eigenvalue weighted by Crippen LogP contribution is -2.43. The van der Waals surface area contributed by atoms with Crippen LogP contribution in [0.5, 0.6) is 0 Å². The number of rotatable bonds is 2. The van der Waals surface area contributed by atoms with Crippen LogP contribution >= 0.6 is 0 Å². The molecule has 3 aliphatic heterocycles. The number of carbonyl (C=O) groups is 2. The predicted octanol–water partition coefficient (Wildman–Crippen LogP) is 1.51. The number of aliphatic hydroxyl groups is 1. The van der Waals surface area contributed by atoms with Crippen molar-refractivity contribution in [3.63, 3.8) is 0 Å². The number of nitrogens with zero attached hydrogens (tertiary/aromatic N) is 1. The number of hydrogen-bond donors (Lipinski definition) is 1. The molecule has 4 rings (SSSR count). The van der Waals surface area contributed by atoms with Crippen molar-refractivity contribution in [3.05, 3.63) is 42.0 Å². The highest BCUT2D eigenvalue weighted by Crippen LogP contribution is 2.52. The van der Waals surface area contributed by atoms with Gasteiger partial charge in [-0.2, -0.15) is 13.2 Å². The Labute approximate surface area is 134 Å². The number of amides is 2. The van der Waals surface area contributed by atoms with Crippen molar-refractivity contribution in [2.45, 2.75) is 17.9 Å². The minimum absolute atomic E-state index is 0.123. The van der Waals surface area contributed by atoms with Gasteiger partial charge in [0.15, 0.2) is 0 Å². The molecule has 0 saturated carbocycles. The molecular formula is C16H12F3NO4. The minimum Gasteiger partial charge on any atom is -0.393 e. The van der Waals surface area contributed by atoms with E-state index in [1.807, 2.05) is 0 Å². The van der Waals surface area contributed by atoms with Crippen LogP contribution in [0.1, 0.15) is 5.56 Å². The molecule has 1 aromatic carbocycles. The smallest absolute Gasteiger partial charge is 0.393 e. The predicted molar refractivity (Wildman–Crippen MR) is 74.7 cm³/mol. The summed E-state index contributed by atoms with van der Waals surface area (Å²) in [5, 5.41) is 9.59. The van der Waals surface area contributed by atoms with Gasteiger partial charge in [-0.3, -0.25) is 9.59 Å². The van der Waals surface area contributed by atoms with E-state index in [0.29, 0.717) is 0 Å². The monoisotopic (exact) mass is 339 g/mol. The van der Waals surface area contributed by atoms with Crippen LogP contribution in [0.25, 0.3) is 0 Å². The minimum atomic E-state index is -4.58. The summed E-state index contributed by atoms with van der Waals surface area (Å²) >= 11 is 0. The number of anilines is 1. The van der Waals surface area contributed by atoms with E-state index < -0.39 is 53.7 Å². The molecule has 0 spiro atoms. The lowest BCUT2D eigenvalue weighted by molar-refractivity contribution is -0.138. The van der Waals surface area contributed by atoms with Gasteiger partial charge in [0.25, 0.3) is 0 Å². The molecule has 2 bridgehead atoms. The van der Waals surface area contributed by atoms with Gasteiger partial charge in [0.05, 0.1) is 35.8 Å². The summed E-state index contributed by atoms with van der Waals surface area (Å²) in [6.45, 7) is -0.476. The van der Waals surface area contributed by atoms with Crippen LogP contribution in [-0.4, -0.2) is 35.2 Å².